The van der Waals surface area contributed by atoms with Crippen molar-refractivity contribution in [2.24, 2.45) is 0 Å². The van der Waals surface area contributed by atoms with E-state index in [1.807, 2.05) is 30.3 Å². The molecule has 0 bridgehead atoms. The summed E-state index contributed by atoms with van der Waals surface area (Å²) in [5.41, 5.74) is 2.77. The Morgan fingerprint density at radius 3 is 2.83 bits per heavy atom. The largest absolute Gasteiger partial charge is 0.357 e. The molecule has 0 saturated carbocycles. The van der Waals surface area contributed by atoms with Crippen molar-refractivity contribution in [3.05, 3.63) is 54.2 Å². The number of nitrogens with one attached hydrogen (secondary N) is 2. The number of rotatable bonds is 4. The van der Waals surface area contributed by atoms with E-state index in [1.165, 1.54) is 6.07 Å². The van der Waals surface area contributed by atoms with E-state index >= 15 is 0 Å². The number of aromatic amines is 1. The summed E-state index contributed by atoms with van der Waals surface area (Å²) in [6, 6.07) is 14.7. The van der Waals surface area contributed by atoms with E-state index in [-0.39, 0.29) is 11.4 Å². The van der Waals surface area contributed by atoms with Crippen LogP contribution in [0.1, 0.15) is 5.69 Å². The van der Waals surface area contributed by atoms with Crippen LogP contribution in [0.25, 0.3) is 21.9 Å². The van der Waals surface area contributed by atoms with E-state index < -0.39 is 10.0 Å². The molecule has 23 heavy (non-hydrogen) atoms. The summed E-state index contributed by atoms with van der Waals surface area (Å²) in [6.45, 7) is 0.185. The highest BCUT2D eigenvalue weighted by atomic mass is 32.2. The molecule has 116 valence electrons. The van der Waals surface area contributed by atoms with Crippen LogP contribution in [0, 0.1) is 0 Å². The van der Waals surface area contributed by atoms with E-state index in [9.17, 15) is 8.42 Å². The second-order valence-corrected chi connectivity index (χ2v) is 7.36. The Hall–Kier alpha value is -2.29. The molecule has 4 aromatic rings. The van der Waals surface area contributed by atoms with Gasteiger partial charge in [0.05, 0.1) is 18.3 Å². The number of aromatic nitrogens is 3. The summed E-state index contributed by atoms with van der Waals surface area (Å²) in [5, 5.41) is 1.05. The quantitative estimate of drug-likeness (QED) is 0.596. The standard InChI is InChI=1S/C15H12N4O2S2/c20-23(21,14-7-3-6-13-15(14)19-22-18-13)16-9-11-8-10-4-1-2-5-12(10)17-11/h1-8,16-17H,9H2. The fourth-order valence-corrected chi connectivity index (χ4v) is 4.25. The Bertz CT molecular complexity index is 1070. The van der Waals surface area contributed by atoms with Crippen molar-refractivity contribution >= 4 is 43.7 Å². The predicted molar refractivity (Wildman–Crippen MR) is 89.7 cm³/mol. The molecule has 2 aromatic heterocycles. The van der Waals surface area contributed by atoms with Crippen LogP contribution in [0.5, 0.6) is 0 Å². The highest BCUT2D eigenvalue weighted by molar-refractivity contribution is 7.89. The lowest BCUT2D eigenvalue weighted by molar-refractivity contribution is 0.581. The van der Waals surface area contributed by atoms with Crippen LogP contribution < -0.4 is 4.72 Å². The van der Waals surface area contributed by atoms with Crippen LogP contribution in [0.3, 0.4) is 0 Å². The minimum atomic E-state index is -3.66. The molecule has 0 amide bonds. The molecule has 0 radical (unpaired) electrons. The number of nitrogens with zero attached hydrogens (tertiary/aromatic N) is 2. The molecular weight excluding hydrogens is 332 g/mol. The molecule has 2 aromatic carbocycles. The average molecular weight is 344 g/mol. The van der Waals surface area contributed by atoms with Gasteiger partial charge in [0.2, 0.25) is 10.0 Å². The van der Waals surface area contributed by atoms with Gasteiger partial charge in [-0.25, -0.2) is 13.1 Å². The number of hydrogen-bond donors (Lipinski definition) is 2. The van der Waals surface area contributed by atoms with Crippen molar-refractivity contribution in [2.75, 3.05) is 0 Å². The fourth-order valence-electron chi connectivity index (χ4n) is 2.48. The first-order valence-corrected chi connectivity index (χ1v) is 9.12. The van der Waals surface area contributed by atoms with Gasteiger partial charge in [0, 0.05) is 11.2 Å². The summed E-state index contributed by atoms with van der Waals surface area (Å²) in [6.07, 6.45) is 0. The van der Waals surface area contributed by atoms with Crippen LogP contribution in [0.2, 0.25) is 0 Å². The van der Waals surface area contributed by atoms with E-state index in [4.69, 9.17) is 0 Å². The summed E-state index contributed by atoms with van der Waals surface area (Å²) >= 11 is 1.00. The highest BCUT2D eigenvalue weighted by Crippen LogP contribution is 2.21. The normalized spacial score (nSPS) is 12.2. The van der Waals surface area contributed by atoms with E-state index in [1.54, 1.807) is 12.1 Å². The van der Waals surface area contributed by atoms with E-state index in [0.29, 0.717) is 11.0 Å². The molecule has 0 atom stereocenters. The zero-order valence-corrected chi connectivity index (χ0v) is 13.5. The lowest BCUT2D eigenvalue weighted by atomic mass is 10.2. The first kappa shape index (κ1) is 14.3. The van der Waals surface area contributed by atoms with E-state index in [2.05, 4.69) is 18.5 Å². The molecule has 0 saturated heterocycles. The third kappa shape index (κ3) is 2.61. The third-order valence-electron chi connectivity index (χ3n) is 3.58. The Balaban J connectivity index is 1.63. The van der Waals surface area contributed by atoms with Crippen LogP contribution in [-0.4, -0.2) is 22.1 Å². The zero-order valence-electron chi connectivity index (χ0n) is 11.9. The molecule has 0 spiro atoms. The fraction of sp³-hybridized carbons (Fsp3) is 0.0667. The molecular formula is C15H12N4O2S2. The molecule has 0 aliphatic rings. The second kappa shape index (κ2) is 5.41. The molecule has 0 aliphatic heterocycles. The van der Waals surface area contributed by atoms with Gasteiger partial charge in [-0.1, -0.05) is 24.3 Å². The molecule has 0 unspecified atom stereocenters. The first-order valence-electron chi connectivity index (χ1n) is 6.91. The summed E-state index contributed by atoms with van der Waals surface area (Å²) in [4.78, 5) is 3.35. The lowest BCUT2D eigenvalue weighted by Gasteiger charge is -2.06. The third-order valence-corrected chi connectivity index (χ3v) is 5.55. The number of sulfonamides is 1. The molecule has 2 heterocycles. The van der Waals surface area contributed by atoms with Crippen molar-refractivity contribution in [1.82, 2.24) is 18.5 Å². The van der Waals surface area contributed by atoms with Gasteiger partial charge in [0.15, 0.2) is 0 Å². The van der Waals surface area contributed by atoms with Crippen LogP contribution in [0.15, 0.2) is 53.4 Å². The van der Waals surface area contributed by atoms with Crippen LogP contribution in [0.4, 0.5) is 0 Å². The molecule has 8 heteroatoms. The van der Waals surface area contributed by atoms with Crippen LogP contribution >= 0.6 is 11.7 Å². The van der Waals surface area contributed by atoms with Gasteiger partial charge in [0.25, 0.3) is 0 Å². The zero-order chi connectivity index (χ0) is 15.9. The van der Waals surface area contributed by atoms with Crippen molar-refractivity contribution in [3.63, 3.8) is 0 Å². The van der Waals surface area contributed by atoms with Gasteiger partial charge in [-0.2, -0.15) is 8.75 Å². The summed E-state index contributed by atoms with van der Waals surface area (Å²) in [7, 11) is -3.66. The van der Waals surface area contributed by atoms with Gasteiger partial charge in [-0.05, 0) is 29.7 Å². The monoisotopic (exact) mass is 344 g/mol. The highest BCUT2D eigenvalue weighted by Gasteiger charge is 2.19. The topological polar surface area (TPSA) is 87.7 Å². The number of fused-ring (bicyclic) bond motifs is 2. The van der Waals surface area contributed by atoms with Gasteiger partial charge >= 0.3 is 0 Å². The Kier molecular flexibility index (Phi) is 3.37. The maximum Gasteiger partial charge on any atom is 0.243 e. The van der Waals surface area contributed by atoms with Gasteiger partial charge in [0.1, 0.15) is 15.9 Å². The minimum Gasteiger partial charge on any atom is -0.357 e. The van der Waals surface area contributed by atoms with Gasteiger partial charge < -0.3 is 4.98 Å². The van der Waals surface area contributed by atoms with Gasteiger partial charge in [-0.3, -0.25) is 0 Å². The van der Waals surface area contributed by atoms with Crippen LogP contribution in [-0.2, 0) is 16.6 Å². The number of H-pyrrole nitrogens is 1. The summed E-state index contributed by atoms with van der Waals surface area (Å²) in [5.74, 6) is 0. The predicted octanol–water partition coefficient (Wildman–Crippen LogP) is 2.65. The number of hydrogen-bond acceptors (Lipinski definition) is 5. The lowest BCUT2D eigenvalue weighted by Crippen LogP contribution is -2.23. The minimum absolute atomic E-state index is 0.153. The average Bonchev–Trinajstić information content (AvgIpc) is 3.18. The molecule has 0 aliphatic carbocycles. The maximum absolute atomic E-state index is 12.5. The number of para-hydroxylation sites is 1. The van der Waals surface area contributed by atoms with Crippen molar-refractivity contribution < 1.29 is 8.42 Å². The van der Waals surface area contributed by atoms with Crippen molar-refractivity contribution in [1.29, 1.82) is 0 Å². The molecule has 4 rings (SSSR count). The molecule has 2 N–H and O–H groups in total. The Morgan fingerprint density at radius 1 is 1.09 bits per heavy atom. The molecule has 0 fully saturated rings. The van der Waals surface area contributed by atoms with Gasteiger partial charge in [-0.15, -0.1) is 0 Å². The number of benzene rings is 2. The maximum atomic E-state index is 12.5. The SMILES string of the molecule is O=S(=O)(NCc1cc2ccccc2[nH]1)c1cccc2nsnc12. The second-order valence-electron chi connectivity index (χ2n) is 5.09. The Labute approximate surface area is 136 Å². The first-order chi connectivity index (χ1) is 11.1. The van der Waals surface area contributed by atoms with Crippen molar-refractivity contribution in [3.8, 4) is 0 Å². The smallest absolute Gasteiger partial charge is 0.243 e. The molecule has 6 nitrogen and oxygen atoms in total. The summed E-state index contributed by atoms with van der Waals surface area (Å²) < 4.78 is 35.9. The van der Waals surface area contributed by atoms with Crippen molar-refractivity contribution in [2.45, 2.75) is 11.4 Å². The van der Waals surface area contributed by atoms with E-state index in [0.717, 1.165) is 28.3 Å². The Morgan fingerprint density at radius 2 is 1.96 bits per heavy atom.